The summed E-state index contributed by atoms with van der Waals surface area (Å²) in [7, 11) is 0. The first-order chi connectivity index (χ1) is 6.29. The fraction of sp³-hybridized carbons (Fsp3) is 0. The lowest BCUT2D eigenvalue weighted by molar-refractivity contribution is 0.315. The van der Waals surface area contributed by atoms with E-state index in [2.05, 4.69) is 10.3 Å². The maximum Gasteiger partial charge on any atom is 0.197 e. The van der Waals surface area contributed by atoms with Gasteiger partial charge in [0.1, 0.15) is 0 Å². The first kappa shape index (κ1) is 9.54. The van der Waals surface area contributed by atoms with Crippen molar-refractivity contribution in [3.8, 4) is 0 Å². The molecule has 0 bridgehead atoms. The molecule has 0 aliphatic carbocycles. The van der Waals surface area contributed by atoms with Crippen LogP contribution in [-0.2, 0) is 0 Å². The highest BCUT2D eigenvalue weighted by Gasteiger charge is 2.09. The maximum atomic E-state index is 8.59. The smallest absolute Gasteiger partial charge is 0.197 e. The molecule has 0 amide bonds. The van der Waals surface area contributed by atoms with Crippen molar-refractivity contribution in [1.82, 2.24) is 0 Å². The molecule has 0 aliphatic rings. The van der Waals surface area contributed by atoms with E-state index < -0.39 is 0 Å². The van der Waals surface area contributed by atoms with Crippen LogP contribution in [0.25, 0.3) is 0 Å². The second-order valence-electron chi connectivity index (χ2n) is 2.21. The van der Waals surface area contributed by atoms with Gasteiger partial charge in [-0.05, 0) is 0 Å². The average molecular weight is 199 g/mol. The number of hydrogen-bond acceptors (Lipinski definition) is 4. The Labute approximate surface area is 79.8 Å². The number of nitrogens with zero attached hydrogens (tertiary/aromatic N) is 2. The number of oxime groups is 2. The molecule has 13 heavy (non-hydrogen) atoms. The third kappa shape index (κ3) is 2.19. The Hall–Kier alpha value is -1.55. The molecule has 0 aromatic heterocycles. The van der Waals surface area contributed by atoms with Crippen LogP contribution in [0.3, 0.4) is 0 Å². The van der Waals surface area contributed by atoms with E-state index in [1.54, 1.807) is 24.3 Å². The molecule has 0 saturated carbocycles. The molecule has 1 rings (SSSR count). The van der Waals surface area contributed by atoms with Gasteiger partial charge >= 0.3 is 0 Å². The topological polar surface area (TPSA) is 65.2 Å². The van der Waals surface area contributed by atoms with Gasteiger partial charge in [0, 0.05) is 5.56 Å². The molecular weight excluding hydrogens is 192 g/mol. The molecule has 0 saturated heterocycles. The molecule has 0 heterocycles. The van der Waals surface area contributed by atoms with Crippen molar-refractivity contribution < 1.29 is 10.4 Å². The van der Waals surface area contributed by atoms with Crippen molar-refractivity contribution in [2.24, 2.45) is 10.3 Å². The summed E-state index contributed by atoms with van der Waals surface area (Å²) in [5.74, 6) is 0. The molecule has 0 atom stereocenters. The zero-order chi connectivity index (χ0) is 9.68. The van der Waals surface area contributed by atoms with Crippen LogP contribution in [-0.4, -0.2) is 21.3 Å². The van der Waals surface area contributed by atoms with Crippen LogP contribution in [0.15, 0.2) is 40.6 Å². The lowest BCUT2D eigenvalue weighted by atomic mass is 10.1. The highest BCUT2D eigenvalue weighted by molar-refractivity contribution is 6.85. The standard InChI is InChI=1S/C8H7ClN2O2/c9-8(11-13)7(10-12)6-4-2-1-3-5-6/h1-5,12-13H/b10-7+,11-8-. The SMILES string of the molecule is O/N=C(Cl)/C(=N/O)c1ccccc1. The Kier molecular flexibility index (Phi) is 3.28. The minimum Gasteiger partial charge on any atom is -0.410 e. The van der Waals surface area contributed by atoms with Crippen LogP contribution in [0, 0.1) is 0 Å². The monoisotopic (exact) mass is 198 g/mol. The third-order valence-electron chi connectivity index (χ3n) is 1.43. The van der Waals surface area contributed by atoms with Crippen molar-refractivity contribution in [2.75, 3.05) is 0 Å². The molecule has 0 fully saturated rings. The van der Waals surface area contributed by atoms with Crippen LogP contribution in [0.5, 0.6) is 0 Å². The van der Waals surface area contributed by atoms with Gasteiger partial charge in [-0.1, -0.05) is 52.2 Å². The van der Waals surface area contributed by atoms with E-state index in [4.69, 9.17) is 22.0 Å². The summed E-state index contributed by atoms with van der Waals surface area (Å²) >= 11 is 5.48. The molecule has 5 heteroatoms. The number of hydrogen-bond donors (Lipinski definition) is 2. The van der Waals surface area contributed by atoms with Gasteiger partial charge in [-0.15, -0.1) is 0 Å². The van der Waals surface area contributed by atoms with Gasteiger partial charge in [0.15, 0.2) is 10.9 Å². The fourth-order valence-electron chi connectivity index (χ4n) is 0.861. The normalized spacial score (nSPS) is 13.0. The summed E-state index contributed by atoms with van der Waals surface area (Å²) in [6, 6.07) is 8.68. The fourth-order valence-corrected chi connectivity index (χ4v) is 1.01. The highest BCUT2D eigenvalue weighted by atomic mass is 35.5. The Morgan fingerprint density at radius 3 is 2.15 bits per heavy atom. The zero-order valence-electron chi connectivity index (χ0n) is 6.55. The summed E-state index contributed by atoms with van der Waals surface area (Å²) in [6.45, 7) is 0. The molecule has 1 aromatic carbocycles. The van der Waals surface area contributed by atoms with E-state index in [9.17, 15) is 0 Å². The first-order valence-electron chi connectivity index (χ1n) is 3.45. The number of halogens is 1. The molecular formula is C8H7ClN2O2. The van der Waals surface area contributed by atoms with E-state index in [1.165, 1.54) is 0 Å². The van der Waals surface area contributed by atoms with E-state index in [-0.39, 0.29) is 10.9 Å². The average Bonchev–Trinajstić information content (AvgIpc) is 2.20. The van der Waals surface area contributed by atoms with E-state index in [0.29, 0.717) is 5.56 Å². The second kappa shape index (κ2) is 4.47. The van der Waals surface area contributed by atoms with Crippen molar-refractivity contribution in [1.29, 1.82) is 0 Å². The minimum atomic E-state index is -0.256. The van der Waals surface area contributed by atoms with Gasteiger partial charge in [0.25, 0.3) is 0 Å². The molecule has 1 aromatic rings. The Morgan fingerprint density at radius 1 is 1.08 bits per heavy atom. The van der Waals surface area contributed by atoms with Gasteiger partial charge in [0.2, 0.25) is 0 Å². The van der Waals surface area contributed by atoms with Crippen LogP contribution >= 0.6 is 11.6 Å². The molecule has 0 radical (unpaired) electrons. The molecule has 0 spiro atoms. The van der Waals surface area contributed by atoms with Crippen molar-refractivity contribution in [2.45, 2.75) is 0 Å². The van der Waals surface area contributed by atoms with Gasteiger partial charge in [-0.3, -0.25) is 0 Å². The van der Waals surface area contributed by atoms with Crippen molar-refractivity contribution in [3.63, 3.8) is 0 Å². The van der Waals surface area contributed by atoms with E-state index in [1.807, 2.05) is 6.07 Å². The number of benzene rings is 1. The van der Waals surface area contributed by atoms with Gasteiger partial charge in [0.05, 0.1) is 0 Å². The first-order valence-corrected chi connectivity index (χ1v) is 3.82. The summed E-state index contributed by atoms with van der Waals surface area (Å²) in [6.07, 6.45) is 0. The molecule has 68 valence electrons. The van der Waals surface area contributed by atoms with E-state index >= 15 is 0 Å². The predicted octanol–water partition coefficient (Wildman–Crippen LogP) is 1.89. The summed E-state index contributed by atoms with van der Waals surface area (Å²) in [4.78, 5) is 0. The number of rotatable bonds is 2. The Bertz CT molecular complexity index is 335. The predicted molar refractivity (Wildman–Crippen MR) is 49.8 cm³/mol. The van der Waals surface area contributed by atoms with Gasteiger partial charge in [-0.2, -0.15) is 0 Å². The Morgan fingerprint density at radius 2 is 1.69 bits per heavy atom. The molecule has 4 nitrogen and oxygen atoms in total. The third-order valence-corrected chi connectivity index (χ3v) is 1.69. The second-order valence-corrected chi connectivity index (χ2v) is 2.56. The maximum absolute atomic E-state index is 8.59. The van der Waals surface area contributed by atoms with Crippen molar-refractivity contribution >= 4 is 22.5 Å². The summed E-state index contributed by atoms with van der Waals surface area (Å²) < 4.78 is 0. The zero-order valence-corrected chi connectivity index (χ0v) is 7.31. The van der Waals surface area contributed by atoms with Crippen LogP contribution < -0.4 is 0 Å². The van der Waals surface area contributed by atoms with Gasteiger partial charge in [-0.25, -0.2) is 0 Å². The van der Waals surface area contributed by atoms with Gasteiger partial charge < -0.3 is 10.4 Å². The highest BCUT2D eigenvalue weighted by Crippen LogP contribution is 2.04. The lowest BCUT2D eigenvalue weighted by Gasteiger charge is -1.99. The molecule has 0 aliphatic heterocycles. The molecule has 0 unspecified atom stereocenters. The summed E-state index contributed by atoms with van der Waals surface area (Å²) in [5.41, 5.74) is 0.609. The lowest BCUT2D eigenvalue weighted by Crippen LogP contribution is -2.09. The van der Waals surface area contributed by atoms with Crippen molar-refractivity contribution in [3.05, 3.63) is 35.9 Å². The Balaban J connectivity index is 3.07. The van der Waals surface area contributed by atoms with Crippen LogP contribution in [0.2, 0.25) is 0 Å². The summed E-state index contributed by atoms with van der Waals surface area (Å²) in [5, 5.41) is 22.3. The van der Waals surface area contributed by atoms with Crippen LogP contribution in [0.1, 0.15) is 5.56 Å². The molecule has 2 N–H and O–H groups in total. The van der Waals surface area contributed by atoms with E-state index in [0.717, 1.165) is 0 Å². The minimum absolute atomic E-state index is 0.0322. The van der Waals surface area contributed by atoms with Crippen LogP contribution in [0.4, 0.5) is 0 Å². The quantitative estimate of drug-likeness (QED) is 0.433. The largest absolute Gasteiger partial charge is 0.410 e.